The molecule has 0 radical (unpaired) electrons. The second-order valence-corrected chi connectivity index (χ2v) is 4.53. The van der Waals surface area contributed by atoms with E-state index in [1.807, 2.05) is 35.8 Å². The minimum Gasteiger partial charge on any atom is -0.494 e. The molecule has 4 heteroatoms. The average Bonchev–Trinajstić information content (AvgIpc) is 2.84. The van der Waals surface area contributed by atoms with Crippen LogP contribution in [-0.4, -0.2) is 17.5 Å². The molecule has 1 heterocycles. The number of halogens is 1. The highest BCUT2D eigenvalue weighted by molar-refractivity contribution is 7.13. The van der Waals surface area contributed by atoms with Crippen LogP contribution in [0.4, 0.5) is 0 Å². The van der Waals surface area contributed by atoms with Crippen molar-refractivity contribution in [1.29, 1.82) is 0 Å². The number of nitrogens with zero attached hydrogens (tertiary/aromatic N) is 1. The molecule has 0 saturated carbocycles. The van der Waals surface area contributed by atoms with E-state index in [9.17, 15) is 0 Å². The van der Waals surface area contributed by atoms with Gasteiger partial charge in [0.15, 0.2) is 0 Å². The van der Waals surface area contributed by atoms with Gasteiger partial charge in [0.05, 0.1) is 6.61 Å². The van der Waals surface area contributed by atoms with Gasteiger partial charge in [-0.2, -0.15) is 0 Å². The van der Waals surface area contributed by atoms with E-state index in [4.69, 9.17) is 16.3 Å². The Morgan fingerprint density at radius 1 is 1.25 bits per heavy atom. The third kappa shape index (κ3) is 2.97. The van der Waals surface area contributed by atoms with E-state index in [-0.39, 0.29) is 0 Å². The van der Waals surface area contributed by atoms with Gasteiger partial charge in [0.2, 0.25) is 0 Å². The smallest absolute Gasteiger partial charge is 0.123 e. The first kappa shape index (κ1) is 11.4. The second-order valence-electron chi connectivity index (χ2n) is 3.25. The summed E-state index contributed by atoms with van der Waals surface area (Å²) < 4.78 is 5.52. The highest BCUT2D eigenvalue weighted by atomic mass is 35.5. The van der Waals surface area contributed by atoms with Crippen LogP contribution in [0.3, 0.4) is 0 Å². The van der Waals surface area contributed by atoms with Crippen molar-refractivity contribution in [2.75, 3.05) is 12.5 Å². The second kappa shape index (κ2) is 5.87. The first-order chi connectivity index (χ1) is 7.90. The van der Waals surface area contributed by atoms with E-state index in [0.717, 1.165) is 22.7 Å². The minimum absolute atomic E-state index is 0.636. The van der Waals surface area contributed by atoms with Crippen molar-refractivity contribution in [1.82, 2.24) is 4.98 Å². The average molecular weight is 254 g/mol. The fourth-order valence-corrected chi connectivity index (χ4v) is 2.06. The van der Waals surface area contributed by atoms with E-state index in [1.54, 1.807) is 11.3 Å². The monoisotopic (exact) mass is 253 g/mol. The number of alkyl halides is 1. The molecule has 0 aliphatic heterocycles. The lowest BCUT2D eigenvalue weighted by molar-refractivity contribution is 0.318. The molecule has 0 saturated heterocycles. The molecular weight excluding hydrogens is 242 g/mol. The quantitative estimate of drug-likeness (QED) is 0.597. The van der Waals surface area contributed by atoms with Crippen LogP contribution in [0.2, 0.25) is 0 Å². The molecule has 0 unspecified atom stereocenters. The number of rotatable bonds is 5. The Bertz CT molecular complexity index is 413. The maximum absolute atomic E-state index is 5.57. The molecule has 84 valence electrons. The van der Waals surface area contributed by atoms with Gasteiger partial charge >= 0.3 is 0 Å². The molecule has 0 atom stereocenters. The van der Waals surface area contributed by atoms with Crippen LogP contribution < -0.4 is 4.74 Å². The van der Waals surface area contributed by atoms with E-state index in [0.29, 0.717) is 12.5 Å². The van der Waals surface area contributed by atoms with Gasteiger partial charge in [-0.3, -0.25) is 0 Å². The molecule has 0 aliphatic rings. The van der Waals surface area contributed by atoms with Crippen molar-refractivity contribution in [2.24, 2.45) is 0 Å². The Morgan fingerprint density at radius 3 is 2.69 bits per heavy atom. The summed E-state index contributed by atoms with van der Waals surface area (Å²) in [5.41, 5.74) is 1.12. The first-order valence-electron chi connectivity index (χ1n) is 5.09. The van der Waals surface area contributed by atoms with Gasteiger partial charge in [-0.25, -0.2) is 4.98 Å². The third-order valence-electron chi connectivity index (χ3n) is 2.08. The summed E-state index contributed by atoms with van der Waals surface area (Å²) in [6.07, 6.45) is 2.68. The molecule has 0 aliphatic carbocycles. The van der Waals surface area contributed by atoms with Crippen LogP contribution >= 0.6 is 22.9 Å². The van der Waals surface area contributed by atoms with Crippen molar-refractivity contribution >= 4 is 22.9 Å². The van der Waals surface area contributed by atoms with Crippen LogP contribution in [-0.2, 0) is 0 Å². The lowest BCUT2D eigenvalue weighted by Gasteiger charge is -2.05. The zero-order valence-electron chi connectivity index (χ0n) is 8.73. The maximum Gasteiger partial charge on any atom is 0.123 e. The molecule has 1 aromatic carbocycles. The molecule has 0 spiro atoms. The summed E-state index contributed by atoms with van der Waals surface area (Å²) in [4.78, 5) is 4.25. The Morgan fingerprint density at radius 2 is 2.06 bits per heavy atom. The van der Waals surface area contributed by atoms with Gasteiger partial charge in [0, 0.05) is 23.0 Å². The van der Waals surface area contributed by atoms with Crippen LogP contribution in [0.1, 0.15) is 6.42 Å². The first-order valence-corrected chi connectivity index (χ1v) is 6.50. The SMILES string of the molecule is ClCCCOc1ccc(-c2nccs2)cc1. The molecule has 0 fully saturated rings. The van der Waals surface area contributed by atoms with Crippen LogP contribution in [0, 0.1) is 0 Å². The van der Waals surface area contributed by atoms with Gasteiger partial charge in [0.1, 0.15) is 10.8 Å². The predicted molar refractivity (Wildman–Crippen MR) is 68.4 cm³/mol. The van der Waals surface area contributed by atoms with E-state index in [2.05, 4.69) is 4.98 Å². The summed E-state index contributed by atoms with van der Waals surface area (Å²) in [5.74, 6) is 1.52. The number of hydrogen-bond donors (Lipinski definition) is 0. The molecule has 2 nitrogen and oxygen atoms in total. The van der Waals surface area contributed by atoms with E-state index >= 15 is 0 Å². The Hall–Kier alpha value is -1.06. The van der Waals surface area contributed by atoms with Crippen LogP contribution in [0.5, 0.6) is 5.75 Å². The minimum atomic E-state index is 0.636. The predicted octanol–water partition coefficient (Wildman–Crippen LogP) is 3.82. The van der Waals surface area contributed by atoms with Gasteiger partial charge in [0.25, 0.3) is 0 Å². The van der Waals surface area contributed by atoms with Crippen molar-refractivity contribution in [3.63, 3.8) is 0 Å². The number of hydrogen-bond acceptors (Lipinski definition) is 3. The zero-order valence-corrected chi connectivity index (χ0v) is 10.3. The fraction of sp³-hybridized carbons (Fsp3) is 0.250. The van der Waals surface area contributed by atoms with Crippen molar-refractivity contribution in [3.05, 3.63) is 35.8 Å². The topological polar surface area (TPSA) is 22.1 Å². The molecule has 2 rings (SSSR count). The number of ether oxygens (including phenoxy) is 1. The molecule has 0 N–H and O–H groups in total. The summed E-state index contributed by atoms with van der Waals surface area (Å²) in [6, 6.07) is 7.97. The summed E-state index contributed by atoms with van der Waals surface area (Å²) in [6.45, 7) is 0.667. The molecule has 1 aromatic heterocycles. The van der Waals surface area contributed by atoms with Crippen LogP contribution in [0.15, 0.2) is 35.8 Å². The van der Waals surface area contributed by atoms with Crippen LogP contribution in [0.25, 0.3) is 10.6 Å². The zero-order chi connectivity index (χ0) is 11.2. The third-order valence-corrected chi connectivity index (χ3v) is 3.17. The molecule has 0 amide bonds. The summed E-state index contributed by atoms with van der Waals surface area (Å²) in [5, 5.41) is 3.01. The van der Waals surface area contributed by atoms with E-state index < -0.39 is 0 Å². The lowest BCUT2D eigenvalue weighted by Crippen LogP contribution is -1.97. The normalized spacial score (nSPS) is 10.3. The Balaban J connectivity index is 2.00. The van der Waals surface area contributed by atoms with Gasteiger partial charge in [-0.1, -0.05) is 0 Å². The highest BCUT2D eigenvalue weighted by Gasteiger charge is 2.00. The van der Waals surface area contributed by atoms with Gasteiger partial charge < -0.3 is 4.74 Å². The fourth-order valence-electron chi connectivity index (χ4n) is 1.30. The Kier molecular flexibility index (Phi) is 4.19. The lowest BCUT2D eigenvalue weighted by atomic mass is 10.2. The number of thiazole rings is 1. The summed E-state index contributed by atoms with van der Waals surface area (Å²) >= 11 is 7.21. The largest absolute Gasteiger partial charge is 0.494 e. The van der Waals surface area contributed by atoms with E-state index in [1.165, 1.54) is 0 Å². The standard InChI is InChI=1S/C12H12ClNOS/c13-6-1-8-15-11-4-2-10(3-5-11)12-14-7-9-16-12/h2-5,7,9H,1,6,8H2. The summed E-state index contributed by atoms with van der Waals surface area (Å²) in [7, 11) is 0. The van der Waals surface area contributed by atoms with Gasteiger partial charge in [-0.05, 0) is 30.7 Å². The molecule has 16 heavy (non-hydrogen) atoms. The number of aromatic nitrogens is 1. The van der Waals surface area contributed by atoms with Crippen molar-refractivity contribution in [2.45, 2.75) is 6.42 Å². The number of benzene rings is 1. The van der Waals surface area contributed by atoms with Gasteiger partial charge in [-0.15, -0.1) is 22.9 Å². The van der Waals surface area contributed by atoms with Crippen molar-refractivity contribution in [3.8, 4) is 16.3 Å². The Labute approximate surface area is 104 Å². The molecular formula is C12H12ClNOS. The molecule has 2 aromatic rings. The maximum atomic E-state index is 5.57. The van der Waals surface area contributed by atoms with Crippen molar-refractivity contribution < 1.29 is 4.74 Å². The highest BCUT2D eigenvalue weighted by Crippen LogP contribution is 2.23. The molecule has 0 bridgehead atoms.